The molecule has 0 radical (unpaired) electrons. The van der Waals surface area contributed by atoms with Gasteiger partial charge in [0.1, 0.15) is 0 Å². The summed E-state index contributed by atoms with van der Waals surface area (Å²) < 4.78 is 0. The Morgan fingerprint density at radius 2 is 1.75 bits per heavy atom. The van der Waals surface area contributed by atoms with Gasteiger partial charge in [-0.1, -0.05) is 44.4 Å². The number of hydrogen-bond acceptors (Lipinski definition) is 3. The molecule has 1 heterocycles. The molecule has 1 aromatic heterocycles. The fourth-order valence-corrected chi connectivity index (χ4v) is 4.93. The molecule has 2 saturated carbocycles. The van der Waals surface area contributed by atoms with E-state index < -0.39 is 0 Å². The molecule has 2 aliphatic rings. The van der Waals surface area contributed by atoms with Crippen LogP contribution in [0.3, 0.4) is 0 Å². The van der Waals surface area contributed by atoms with Crippen LogP contribution in [0.2, 0.25) is 0 Å². The van der Waals surface area contributed by atoms with Crippen LogP contribution < -0.4 is 5.32 Å². The highest BCUT2D eigenvalue weighted by atomic mass is 15.1. The van der Waals surface area contributed by atoms with E-state index in [0.29, 0.717) is 11.5 Å². The first-order valence-electron chi connectivity index (χ1n) is 9.71. The normalized spacial score (nSPS) is 27.0. The summed E-state index contributed by atoms with van der Waals surface area (Å²) in [5.74, 6) is 1.72. The Labute approximate surface area is 145 Å². The van der Waals surface area contributed by atoms with Gasteiger partial charge in [0.25, 0.3) is 0 Å². The minimum atomic E-state index is 0.537. The van der Waals surface area contributed by atoms with Crippen molar-refractivity contribution in [2.45, 2.75) is 70.8 Å². The minimum absolute atomic E-state index is 0.537. The van der Waals surface area contributed by atoms with Crippen LogP contribution in [-0.2, 0) is 0 Å². The van der Waals surface area contributed by atoms with Crippen molar-refractivity contribution < 1.29 is 0 Å². The topological polar surface area (TPSA) is 37.8 Å². The van der Waals surface area contributed by atoms with Gasteiger partial charge in [-0.25, -0.2) is 9.97 Å². The first-order chi connectivity index (χ1) is 11.7. The van der Waals surface area contributed by atoms with Crippen LogP contribution in [0.25, 0.3) is 10.9 Å². The summed E-state index contributed by atoms with van der Waals surface area (Å²) in [6, 6.07) is 8.73. The lowest BCUT2D eigenvalue weighted by molar-refractivity contribution is 0.0848. The second kappa shape index (κ2) is 6.70. The summed E-state index contributed by atoms with van der Waals surface area (Å²) in [6.07, 6.45) is 14.4. The third kappa shape index (κ3) is 3.26. The predicted molar refractivity (Wildman–Crippen MR) is 100 cm³/mol. The van der Waals surface area contributed by atoms with Gasteiger partial charge in [-0.2, -0.15) is 0 Å². The molecule has 1 N–H and O–H groups in total. The number of hydrogen-bond donors (Lipinski definition) is 1. The molecule has 4 rings (SSSR count). The molecule has 0 bridgehead atoms. The Hall–Kier alpha value is -1.64. The van der Waals surface area contributed by atoms with E-state index in [1.807, 2.05) is 18.3 Å². The van der Waals surface area contributed by atoms with Crippen LogP contribution in [0, 0.1) is 11.3 Å². The van der Waals surface area contributed by atoms with Gasteiger partial charge in [-0.3, -0.25) is 0 Å². The van der Waals surface area contributed by atoms with Gasteiger partial charge in [-0.15, -0.1) is 0 Å². The fraction of sp³-hybridized carbons (Fsp3) is 0.619. The monoisotopic (exact) mass is 323 g/mol. The summed E-state index contributed by atoms with van der Waals surface area (Å²) >= 11 is 0. The number of nitrogens with zero attached hydrogens (tertiary/aromatic N) is 2. The molecule has 0 spiro atoms. The molecule has 2 aromatic rings. The smallest absolute Gasteiger partial charge is 0.223 e. The zero-order valence-electron chi connectivity index (χ0n) is 14.8. The lowest BCUT2D eigenvalue weighted by atomic mass is 9.62. The molecule has 0 saturated heterocycles. The number of aromatic nitrogens is 2. The molecule has 0 aliphatic heterocycles. The maximum Gasteiger partial charge on any atom is 0.223 e. The van der Waals surface area contributed by atoms with Crippen LogP contribution >= 0.6 is 0 Å². The molecular formula is C21H29N3. The van der Waals surface area contributed by atoms with E-state index in [-0.39, 0.29) is 0 Å². The van der Waals surface area contributed by atoms with Crippen molar-refractivity contribution in [3.05, 3.63) is 30.5 Å². The number of fused-ring (bicyclic) bond motifs is 1. The highest BCUT2D eigenvalue weighted by Crippen LogP contribution is 2.48. The van der Waals surface area contributed by atoms with Crippen molar-refractivity contribution in [3.8, 4) is 0 Å². The van der Waals surface area contributed by atoms with Crippen LogP contribution in [0.15, 0.2) is 30.5 Å². The largest absolute Gasteiger partial charge is 0.351 e. The number of nitrogens with one attached hydrogen (secondary N) is 1. The van der Waals surface area contributed by atoms with Gasteiger partial charge < -0.3 is 5.32 Å². The Kier molecular flexibility index (Phi) is 4.43. The molecule has 128 valence electrons. The predicted octanol–water partition coefficient (Wildman–Crippen LogP) is 5.57. The van der Waals surface area contributed by atoms with E-state index >= 15 is 0 Å². The van der Waals surface area contributed by atoms with Crippen molar-refractivity contribution in [2.75, 3.05) is 5.32 Å². The van der Waals surface area contributed by atoms with Crippen molar-refractivity contribution >= 4 is 16.9 Å². The first kappa shape index (κ1) is 15.9. The lowest BCUT2D eigenvalue weighted by Crippen LogP contribution is -2.36. The average Bonchev–Trinajstić information content (AvgIpc) is 2.63. The van der Waals surface area contributed by atoms with E-state index in [1.165, 1.54) is 57.8 Å². The molecule has 0 amide bonds. The fourth-order valence-electron chi connectivity index (χ4n) is 4.93. The number of rotatable bonds is 3. The van der Waals surface area contributed by atoms with E-state index in [0.717, 1.165) is 22.8 Å². The maximum atomic E-state index is 4.67. The average molecular weight is 323 g/mol. The van der Waals surface area contributed by atoms with Gasteiger partial charge in [0, 0.05) is 17.6 Å². The Morgan fingerprint density at radius 3 is 2.54 bits per heavy atom. The second-order valence-electron chi connectivity index (χ2n) is 8.16. The molecule has 2 fully saturated rings. The third-order valence-corrected chi connectivity index (χ3v) is 6.53. The molecule has 24 heavy (non-hydrogen) atoms. The highest BCUT2D eigenvalue weighted by molar-refractivity contribution is 5.78. The van der Waals surface area contributed by atoms with Crippen molar-refractivity contribution in [1.29, 1.82) is 0 Å². The van der Waals surface area contributed by atoms with Crippen LogP contribution in [0.1, 0.15) is 64.7 Å². The molecule has 1 aromatic carbocycles. The maximum absolute atomic E-state index is 4.67. The lowest BCUT2D eigenvalue weighted by Gasteiger charge is -2.44. The van der Waals surface area contributed by atoms with Gasteiger partial charge in [0.15, 0.2) is 0 Å². The summed E-state index contributed by atoms with van der Waals surface area (Å²) in [5, 5.41) is 4.70. The summed E-state index contributed by atoms with van der Waals surface area (Å²) in [6.45, 7) is 2.55. The van der Waals surface area contributed by atoms with E-state index in [4.69, 9.17) is 0 Å². The second-order valence-corrected chi connectivity index (χ2v) is 8.16. The third-order valence-electron chi connectivity index (χ3n) is 6.53. The van der Waals surface area contributed by atoms with E-state index in [9.17, 15) is 0 Å². The van der Waals surface area contributed by atoms with Crippen LogP contribution in [0.4, 0.5) is 5.95 Å². The van der Waals surface area contributed by atoms with Crippen molar-refractivity contribution in [2.24, 2.45) is 11.3 Å². The van der Waals surface area contributed by atoms with Gasteiger partial charge >= 0.3 is 0 Å². The zero-order valence-corrected chi connectivity index (χ0v) is 14.8. The summed E-state index contributed by atoms with van der Waals surface area (Å²) in [5.41, 5.74) is 1.64. The molecule has 2 aliphatic carbocycles. The van der Waals surface area contributed by atoms with Gasteiger partial charge in [0.05, 0.1) is 5.52 Å². The SMILES string of the molecule is CC1([C@H]2CC[C@@H](Nc3ncc4ccccc4n3)CC2)CCCCC1. The quantitative estimate of drug-likeness (QED) is 0.802. The van der Waals surface area contributed by atoms with Gasteiger partial charge in [-0.05, 0) is 55.9 Å². The molecule has 0 atom stereocenters. The number of anilines is 1. The molecule has 0 unspecified atom stereocenters. The number of benzene rings is 1. The first-order valence-corrected chi connectivity index (χ1v) is 9.71. The Bertz CT molecular complexity index is 682. The van der Waals surface area contributed by atoms with Crippen molar-refractivity contribution in [1.82, 2.24) is 9.97 Å². The Morgan fingerprint density at radius 1 is 1.00 bits per heavy atom. The van der Waals surface area contributed by atoms with Gasteiger partial charge in [0.2, 0.25) is 5.95 Å². The van der Waals surface area contributed by atoms with E-state index in [1.54, 1.807) is 0 Å². The summed E-state index contributed by atoms with van der Waals surface area (Å²) in [4.78, 5) is 9.17. The minimum Gasteiger partial charge on any atom is -0.351 e. The van der Waals surface area contributed by atoms with Crippen molar-refractivity contribution in [3.63, 3.8) is 0 Å². The Balaban J connectivity index is 1.37. The molecule has 3 nitrogen and oxygen atoms in total. The van der Waals surface area contributed by atoms with Crippen LogP contribution in [-0.4, -0.2) is 16.0 Å². The molecule has 3 heteroatoms. The highest BCUT2D eigenvalue weighted by Gasteiger charge is 2.37. The standard InChI is InChI=1S/C21H29N3/c1-21(13-5-2-6-14-21)17-9-11-18(12-10-17)23-20-22-15-16-7-3-4-8-19(16)24-20/h3-4,7-8,15,17-18H,2,5-6,9-14H2,1H3,(H,22,23,24)/t17-,18+. The molecular weight excluding hydrogens is 294 g/mol. The summed E-state index contributed by atoms with van der Waals surface area (Å²) in [7, 11) is 0. The zero-order chi connectivity index (χ0) is 16.4. The van der Waals surface area contributed by atoms with E-state index in [2.05, 4.69) is 34.3 Å². The number of para-hydroxylation sites is 1. The van der Waals surface area contributed by atoms with Crippen LogP contribution in [0.5, 0.6) is 0 Å².